The molecule has 0 saturated carbocycles. The summed E-state index contributed by atoms with van der Waals surface area (Å²) in [5.41, 5.74) is 3.09. The maximum atomic E-state index is 12.2. The topological polar surface area (TPSA) is 75.7 Å². The van der Waals surface area contributed by atoms with Gasteiger partial charge in [-0.1, -0.05) is 24.3 Å². The Kier molecular flexibility index (Phi) is 6.49. The zero-order valence-electron chi connectivity index (χ0n) is 15.1. The summed E-state index contributed by atoms with van der Waals surface area (Å²) in [5, 5.41) is 2.81. The van der Waals surface area contributed by atoms with Crippen LogP contribution in [0.15, 0.2) is 42.5 Å². The molecular formula is C20H22N2O4. The van der Waals surface area contributed by atoms with Gasteiger partial charge in [0.2, 0.25) is 5.91 Å². The molecule has 0 saturated heterocycles. The monoisotopic (exact) mass is 354 g/mol. The summed E-state index contributed by atoms with van der Waals surface area (Å²) < 4.78 is 5.39. The van der Waals surface area contributed by atoms with Gasteiger partial charge in [0, 0.05) is 12.7 Å². The number of hydrogen-bond acceptors (Lipinski definition) is 4. The van der Waals surface area contributed by atoms with Crippen LogP contribution in [0.4, 0.5) is 5.69 Å². The number of para-hydroxylation sites is 1. The molecule has 0 bridgehead atoms. The highest BCUT2D eigenvalue weighted by Gasteiger charge is 2.15. The number of nitrogens with zero attached hydrogens (tertiary/aromatic N) is 1. The van der Waals surface area contributed by atoms with E-state index in [-0.39, 0.29) is 25.0 Å². The highest BCUT2D eigenvalue weighted by molar-refractivity contribution is 5.95. The third kappa shape index (κ3) is 5.17. The lowest BCUT2D eigenvalue weighted by Crippen LogP contribution is -2.37. The molecule has 136 valence electrons. The van der Waals surface area contributed by atoms with Crippen molar-refractivity contribution in [1.29, 1.82) is 0 Å². The lowest BCUT2D eigenvalue weighted by molar-refractivity contribution is -0.135. The van der Waals surface area contributed by atoms with Crippen LogP contribution in [0.3, 0.4) is 0 Å². The Bertz CT molecular complexity index is 817. The van der Waals surface area contributed by atoms with Crippen LogP contribution >= 0.6 is 0 Å². The molecule has 0 fully saturated rings. The number of hydrogen-bond donors (Lipinski definition) is 1. The lowest BCUT2D eigenvalue weighted by Gasteiger charge is -2.18. The number of nitrogens with one attached hydrogen (secondary N) is 1. The van der Waals surface area contributed by atoms with E-state index in [0.29, 0.717) is 17.6 Å². The van der Waals surface area contributed by atoms with Crippen molar-refractivity contribution < 1.29 is 19.1 Å². The summed E-state index contributed by atoms with van der Waals surface area (Å²) in [6.07, 6.45) is 0.668. The Balaban J connectivity index is 1.89. The molecule has 0 unspecified atom stereocenters. The second-order valence-electron chi connectivity index (χ2n) is 6.06. The van der Waals surface area contributed by atoms with E-state index in [1.807, 2.05) is 32.0 Å². The zero-order chi connectivity index (χ0) is 19.1. The molecule has 0 atom stereocenters. The summed E-state index contributed by atoms with van der Waals surface area (Å²) in [6, 6.07) is 12.4. The predicted molar refractivity (Wildman–Crippen MR) is 99.5 cm³/mol. The van der Waals surface area contributed by atoms with Crippen LogP contribution in [0.25, 0.3) is 0 Å². The number of aldehydes is 1. The van der Waals surface area contributed by atoms with Gasteiger partial charge in [-0.3, -0.25) is 14.4 Å². The van der Waals surface area contributed by atoms with E-state index in [1.165, 1.54) is 11.9 Å². The first kappa shape index (κ1) is 19.2. The standard InChI is InChI=1S/C20H22N2O4/c1-14-8-9-15(2)17(10-14)21-19(24)11-22(3)20(25)13-26-18-7-5-4-6-16(18)12-23/h4-10,12H,11,13H2,1-3H3,(H,21,24). The van der Waals surface area contributed by atoms with Crippen LogP contribution in [0.5, 0.6) is 5.75 Å². The maximum Gasteiger partial charge on any atom is 0.260 e. The molecule has 6 heteroatoms. The largest absolute Gasteiger partial charge is 0.483 e. The molecule has 2 aromatic carbocycles. The number of anilines is 1. The van der Waals surface area contributed by atoms with Crippen LogP contribution in [0.1, 0.15) is 21.5 Å². The first-order valence-electron chi connectivity index (χ1n) is 8.18. The zero-order valence-corrected chi connectivity index (χ0v) is 15.1. The number of carbonyl (C=O) groups excluding carboxylic acids is 3. The van der Waals surface area contributed by atoms with Gasteiger partial charge < -0.3 is 15.0 Å². The molecular weight excluding hydrogens is 332 g/mol. The predicted octanol–water partition coefficient (Wildman–Crippen LogP) is 2.59. The van der Waals surface area contributed by atoms with Crippen molar-refractivity contribution >= 4 is 23.8 Å². The van der Waals surface area contributed by atoms with Crippen LogP contribution < -0.4 is 10.1 Å². The molecule has 0 aliphatic carbocycles. The van der Waals surface area contributed by atoms with E-state index in [4.69, 9.17) is 4.74 Å². The SMILES string of the molecule is Cc1ccc(C)c(NC(=O)CN(C)C(=O)COc2ccccc2C=O)c1. The van der Waals surface area contributed by atoms with Gasteiger partial charge in [0.05, 0.1) is 12.1 Å². The van der Waals surface area contributed by atoms with Gasteiger partial charge in [0.1, 0.15) is 5.75 Å². The summed E-state index contributed by atoms with van der Waals surface area (Å²) >= 11 is 0. The summed E-state index contributed by atoms with van der Waals surface area (Å²) in [6.45, 7) is 3.50. The first-order chi connectivity index (χ1) is 12.4. The highest BCUT2D eigenvalue weighted by atomic mass is 16.5. The third-order valence-corrected chi connectivity index (χ3v) is 3.87. The highest BCUT2D eigenvalue weighted by Crippen LogP contribution is 2.17. The van der Waals surface area contributed by atoms with E-state index in [1.54, 1.807) is 24.3 Å². The number of amides is 2. The van der Waals surface area contributed by atoms with Gasteiger partial charge in [-0.25, -0.2) is 0 Å². The molecule has 0 aliphatic heterocycles. The van der Waals surface area contributed by atoms with Gasteiger partial charge >= 0.3 is 0 Å². The van der Waals surface area contributed by atoms with E-state index < -0.39 is 0 Å². The van der Waals surface area contributed by atoms with E-state index in [0.717, 1.165) is 16.8 Å². The van der Waals surface area contributed by atoms with Crippen LogP contribution in [0, 0.1) is 13.8 Å². The van der Waals surface area contributed by atoms with E-state index in [2.05, 4.69) is 5.32 Å². The molecule has 2 aromatic rings. The number of benzene rings is 2. The summed E-state index contributed by atoms with van der Waals surface area (Å²) in [5.74, 6) is -0.311. The Hall–Kier alpha value is -3.15. The van der Waals surface area contributed by atoms with Crippen molar-refractivity contribution in [2.24, 2.45) is 0 Å². The average Bonchev–Trinajstić information content (AvgIpc) is 2.62. The van der Waals surface area contributed by atoms with Crippen LogP contribution in [-0.2, 0) is 9.59 Å². The number of aryl methyl sites for hydroxylation is 2. The van der Waals surface area contributed by atoms with Crippen LogP contribution in [0.2, 0.25) is 0 Å². The molecule has 2 rings (SSSR count). The maximum absolute atomic E-state index is 12.2. The van der Waals surface area contributed by atoms with E-state index in [9.17, 15) is 14.4 Å². The molecule has 2 amide bonds. The van der Waals surface area contributed by atoms with Gasteiger partial charge in [-0.2, -0.15) is 0 Å². The molecule has 0 radical (unpaired) electrons. The van der Waals surface area contributed by atoms with Gasteiger partial charge in [0.25, 0.3) is 5.91 Å². The normalized spacial score (nSPS) is 10.1. The molecule has 0 aromatic heterocycles. The smallest absolute Gasteiger partial charge is 0.260 e. The van der Waals surface area contributed by atoms with Crippen molar-refractivity contribution in [2.75, 3.05) is 25.5 Å². The second kappa shape index (κ2) is 8.80. The average molecular weight is 354 g/mol. The Labute approximate surface area is 152 Å². The molecule has 0 aliphatic rings. The number of rotatable bonds is 7. The Morgan fingerprint density at radius 3 is 2.62 bits per heavy atom. The van der Waals surface area contributed by atoms with Crippen molar-refractivity contribution in [3.63, 3.8) is 0 Å². The fourth-order valence-corrected chi connectivity index (χ4v) is 2.32. The van der Waals surface area contributed by atoms with Crippen molar-refractivity contribution in [3.05, 3.63) is 59.2 Å². The van der Waals surface area contributed by atoms with Crippen molar-refractivity contribution in [2.45, 2.75) is 13.8 Å². The quantitative estimate of drug-likeness (QED) is 0.776. The van der Waals surface area contributed by atoms with Crippen LogP contribution in [-0.4, -0.2) is 43.2 Å². The molecule has 0 spiro atoms. The fraction of sp³-hybridized carbons (Fsp3) is 0.250. The minimum absolute atomic E-state index is 0.0924. The summed E-state index contributed by atoms with van der Waals surface area (Å²) in [4.78, 5) is 36.6. The number of carbonyl (C=O) groups is 3. The third-order valence-electron chi connectivity index (χ3n) is 3.87. The molecule has 6 nitrogen and oxygen atoms in total. The number of likely N-dealkylation sites (N-methyl/N-ethyl adjacent to an activating group) is 1. The second-order valence-corrected chi connectivity index (χ2v) is 6.06. The van der Waals surface area contributed by atoms with Crippen molar-refractivity contribution in [1.82, 2.24) is 4.90 Å². The lowest BCUT2D eigenvalue weighted by atomic mass is 10.1. The van der Waals surface area contributed by atoms with Gasteiger partial charge in [-0.15, -0.1) is 0 Å². The molecule has 0 heterocycles. The summed E-state index contributed by atoms with van der Waals surface area (Å²) in [7, 11) is 1.53. The fourth-order valence-electron chi connectivity index (χ4n) is 2.32. The molecule has 26 heavy (non-hydrogen) atoms. The minimum atomic E-state index is -0.359. The van der Waals surface area contributed by atoms with E-state index >= 15 is 0 Å². The molecule has 1 N–H and O–H groups in total. The first-order valence-corrected chi connectivity index (χ1v) is 8.18. The minimum Gasteiger partial charge on any atom is -0.483 e. The van der Waals surface area contributed by atoms with Gasteiger partial charge in [-0.05, 0) is 43.2 Å². The Morgan fingerprint density at radius 1 is 1.15 bits per heavy atom. The number of ether oxygens (including phenoxy) is 1. The Morgan fingerprint density at radius 2 is 1.88 bits per heavy atom. The van der Waals surface area contributed by atoms with Crippen molar-refractivity contribution in [3.8, 4) is 5.75 Å². The van der Waals surface area contributed by atoms with Gasteiger partial charge in [0.15, 0.2) is 12.9 Å².